The van der Waals surface area contributed by atoms with Crippen LogP contribution < -0.4 is 5.32 Å². The lowest BCUT2D eigenvalue weighted by Crippen LogP contribution is -2.34. The maximum absolute atomic E-state index is 11.2. The first-order valence-electron chi connectivity index (χ1n) is 4.58. The molecule has 0 aliphatic rings. The Kier molecular flexibility index (Phi) is 4.98. The molecule has 0 saturated carbocycles. The Morgan fingerprint density at radius 3 is 3.07 bits per heavy atom. The number of nitrogens with one attached hydrogen (secondary N) is 1. The molecule has 0 saturated heterocycles. The van der Waals surface area contributed by atoms with Crippen LogP contribution in [0.2, 0.25) is 0 Å². The van der Waals surface area contributed by atoms with Crippen LogP contribution in [0.15, 0.2) is 16.8 Å². The highest BCUT2D eigenvalue weighted by atomic mass is 35.5. The second kappa shape index (κ2) is 6.04. The molecule has 1 rings (SSSR count). The molecule has 2 nitrogen and oxygen atoms in total. The molecular weight excluding hydrogens is 218 g/mol. The Balaban J connectivity index is 2.29. The van der Waals surface area contributed by atoms with E-state index in [9.17, 15) is 4.79 Å². The zero-order valence-electron chi connectivity index (χ0n) is 8.13. The summed E-state index contributed by atoms with van der Waals surface area (Å²) >= 11 is 7.14. The van der Waals surface area contributed by atoms with Gasteiger partial charge in [-0.1, -0.05) is 0 Å². The largest absolute Gasteiger partial charge is 0.353 e. The summed E-state index contributed by atoms with van der Waals surface area (Å²) in [6, 6.07) is 2.26. The van der Waals surface area contributed by atoms with Gasteiger partial charge in [0.2, 0.25) is 5.91 Å². The number of carbonyl (C=O) groups is 1. The molecule has 0 aliphatic carbocycles. The second-order valence-electron chi connectivity index (χ2n) is 3.24. The lowest BCUT2D eigenvalue weighted by Gasteiger charge is -2.12. The Hall–Kier alpha value is -0.540. The molecule has 78 valence electrons. The summed E-state index contributed by atoms with van der Waals surface area (Å²) in [7, 11) is 0. The fourth-order valence-corrected chi connectivity index (χ4v) is 2.10. The van der Waals surface area contributed by atoms with Crippen LogP contribution in [-0.4, -0.2) is 17.8 Å². The average Bonchev–Trinajstić information content (AvgIpc) is 2.56. The fourth-order valence-electron chi connectivity index (χ4n) is 1.25. The highest BCUT2D eigenvalue weighted by molar-refractivity contribution is 7.07. The van der Waals surface area contributed by atoms with E-state index in [2.05, 4.69) is 16.8 Å². The summed E-state index contributed by atoms with van der Waals surface area (Å²) in [6.07, 6.45) is 1.28. The van der Waals surface area contributed by atoms with E-state index >= 15 is 0 Å². The minimum atomic E-state index is 0.0303. The van der Waals surface area contributed by atoms with Crippen molar-refractivity contribution >= 4 is 28.8 Å². The molecule has 1 amide bonds. The van der Waals surface area contributed by atoms with Crippen molar-refractivity contribution in [1.29, 1.82) is 0 Å². The normalized spacial score (nSPS) is 12.4. The van der Waals surface area contributed by atoms with E-state index in [-0.39, 0.29) is 11.9 Å². The molecule has 0 radical (unpaired) electrons. The van der Waals surface area contributed by atoms with E-state index in [0.717, 1.165) is 6.42 Å². The number of alkyl halides is 1. The van der Waals surface area contributed by atoms with Gasteiger partial charge in [0, 0.05) is 18.3 Å². The lowest BCUT2D eigenvalue weighted by molar-refractivity contribution is -0.121. The predicted octanol–water partition coefficient (Wildman–Crippen LogP) is 2.42. The van der Waals surface area contributed by atoms with E-state index in [0.29, 0.717) is 12.3 Å². The van der Waals surface area contributed by atoms with E-state index in [4.69, 9.17) is 11.6 Å². The van der Waals surface area contributed by atoms with Gasteiger partial charge in [-0.3, -0.25) is 4.79 Å². The maximum atomic E-state index is 11.2. The van der Waals surface area contributed by atoms with Gasteiger partial charge in [0.05, 0.1) is 0 Å². The Bertz CT molecular complexity index is 274. The van der Waals surface area contributed by atoms with Crippen LogP contribution >= 0.6 is 22.9 Å². The number of hydrogen-bond acceptors (Lipinski definition) is 2. The highest BCUT2D eigenvalue weighted by Crippen LogP contribution is 2.08. The van der Waals surface area contributed by atoms with Gasteiger partial charge in [0.1, 0.15) is 0 Å². The number of rotatable bonds is 5. The molecule has 0 aromatic carbocycles. The predicted molar refractivity (Wildman–Crippen MR) is 61.0 cm³/mol. The second-order valence-corrected chi connectivity index (χ2v) is 4.40. The standard InChI is InChI=1S/C10H14ClNOS/c1-8(12-10(13)2-4-11)6-9-3-5-14-7-9/h3,5,7-8H,2,4,6H2,1H3,(H,12,13). The van der Waals surface area contributed by atoms with Crippen molar-refractivity contribution in [3.63, 3.8) is 0 Å². The summed E-state index contributed by atoms with van der Waals surface area (Å²) in [4.78, 5) is 11.2. The van der Waals surface area contributed by atoms with Crippen molar-refractivity contribution in [2.45, 2.75) is 25.8 Å². The first-order valence-corrected chi connectivity index (χ1v) is 6.06. The Morgan fingerprint density at radius 1 is 1.71 bits per heavy atom. The zero-order chi connectivity index (χ0) is 10.4. The summed E-state index contributed by atoms with van der Waals surface area (Å²) in [5, 5.41) is 7.05. The van der Waals surface area contributed by atoms with Gasteiger partial charge in [0.15, 0.2) is 0 Å². The minimum Gasteiger partial charge on any atom is -0.353 e. The van der Waals surface area contributed by atoms with Crippen LogP contribution in [0.4, 0.5) is 0 Å². The molecule has 1 unspecified atom stereocenters. The minimum absolute atomic E-state index is 0.0303. The van der Waals surface area contributed by atoms with Crippen LogP contribution in [0.1, 0.15) is 18.9 Å². The third kappa shape index (κ3) is 4.11. The lowest BCUT2D eigenvalue weighted by atomic mass is 10.1. The fraction of sp³-hybridized carbons (Fsp3) is 0.500. The molecular formula is C10H14ClNOS. The summed E-state index contributed by atoms with van der Waals surface area (Å²) in [5.41, 5.74) is 1.27. The quantitative estimate of drug-likeness (QED) is 0.775. The number of halogens is 1. The average molecular weight is 232 g/mol. The first-order chi connectivity index (χ1) is 6.72. The van der Waals surface area contributed by atoms with Gasteiger partial charge in [-0.25, -0.2) is 0 Å². The van der Waals surface area contributed by atoms with Crippen molar-refractivity contribution in [2.75, 3.05) is 5.88 Å². The van der Waals surface area contributed by atoms with Crippen molar-refractivity contribution in [1.82, 2.24) is 5.32 Å². The number of hydrogen-bond donors (Lipinski definition) is 1. The first kappa shape index (κ1) is 11.5. The third-order valence-corrected chi connectivity index (χ3v) is 2.77. The van der Waals surface area contributed by atoms with Crippen LogP contribution in [0.25, 0.3) is 0 Å². The molecule has 1 atom stereocenters. The van der Waals surface area contributed by atoms with Gasteiger partial charge in [-0.2, -0.15) is 11.3 Å². The van der Waals surface area contributed by atoms with Crippen molar-refractivity contribution in [2.24, 2.45) is 0 Å². The van der Waals surface area contributed by atoms with E-state index in [1.165, 1.54) is 5.56 Å². The van der Waals surface area contributed by atoms with Gasteiger partial charge < -0.3 is 5.32 Å². The number of amides is 1. The molecule has 0 bridgehead atoms. The maximum Gasteiger partial charge on any atom is 0.221 e. The topological polar surface area (TPSA) is 29.1 Å². The molecule has 1 heterocycles. The van der Waals surface area contributed by atoms with Crippen LogP contribution in [0.5, 0.6) is 0 Å². The monoisotopic (exact) mass is 231 g/mol. The molecule has 0 spiro atoms. The molecule has 14 heavy (non-hydrogen) atoms. The highest BCUT2D eigenvalue weighted by Gasteiger charge is 2.07. The Morgan fingerprint density at radius 2 is 2.50 bits per heavy atom. The molecule has 1 aromatic rings. The van der Waals surface area contributed by atoms with E-state index in [1.807, 2.05) is 12.3 Å². The van der Waals surface area contributed by atoms with Gasteiger partial charge in [-0.05, 0) is 35.7 Å². The smallest absolute Gasteiger partial charge is 0.221 e. The SMILES string of the molecule is CC(Cc1ccsc1)NC(=O)CCCl. The van der Waals surface area contributed by atoms with Gasteiger partial charge in [0.25, 0.3) is 0 Å². The molecule has 0 fully saturated rings. The Labute approximate surface area is 93.3 Å². The van der Waals surface area contributed by atoms with Crippen LogP contribution in [0.3, 0.4) is 0 Å². The summed E-state index contributed by atoms with van der Waals surface area (Å²) < 4.78 is 0. The zero-order valence-corrected chi connectivity index (χ0v) is 9.70. The molecule has 0 aliphatic heterocycles. The summed E-state index contributed by atoms with van der Waals surface area (Å²) in [5.74, 6) is 0.416. The van der Waals surface area contributed by atoms with Crippen LogP contribution in [0, 0.1) is 0 Å². The van der Waals surface area contributed by atoms with Gasteiger partial charge in [-0.15, -0.1) is 11.6 Å². The summed E-state index contributed by atoms with van der Waals surface area (Å²) in [6.45, 7) is 2.00. The van der Waals surface area contributed by atoms with Gasteiger partial charge >= 0.3 is 0 Å². The van der Waals surface area contributed by atoms with Crippen molar-refractivity contribution in [3.8, 4) is 0 Å². The number of carbonyl (C=O) groups excluding carboxylic acids is 1. The van der Waals surface area contributed by atoms with E-state index < -0.39 is 0 Å². The van der Waals surface area contributed by atoms with Crippen LogP contribution in [-0.2, 0) is 11.2 Å². The molecule has 1 N–H and O–H groups in total. The molecule has 1 aromatic heterocycles. The van der Waals surface area contributed by atoms with E-state index in [1.54, 1.807) is 11.3 Å². The molecule has 4 heteroatoms. The number of thiophene rings is 1. The van der Waals surface area contributed by atoms with Crippen molar-refractivity contribution in [3.05, 3.63) is 22.4 Å². The van der Waals surface area contributed by atoms with Crippen molar-refractivity contribution < 1.29 is 4.79 Å². The third-order valence-electron chi connectivity index (χ3n) is 1.85.